The van der Waals surface area contributed by atoms with Crippen LogP contribution in [0.4, 0.5) is 0 Å². The number of carbonyl (C=O) groups is 1. The molecule has 28 heavy (non-hydrogen) atoms. The van der Waals surface area contributed by atoms with E-state index in [1.54, 1.807) is 12.4 Å². The average molecular weight is 372 g/mol. The minimum atomic E-state index is -0.0178. The number of piperidine rings is 1. The molecule has 0 saturated carbocycles. The Hall–Kier alpha value is -3.21. The molecule has 0 radical (unpaired) electrons. The fourth-order valence-electron chi connectivity index (χ4n) is 3.76. The van der Waals surface area contributed by atoms with Gasteiger partial charge in [-0.3, -0.25) is 9.78 Å². The number of nitrogens with zero attached hydrogens (tertiary/aromatic N) is 4. The van der Waals surface area contributed by atoms with Crippen LogP contribution in [0.15, 0.2) is 78.2 Å². The molecular weight excluding hydrogens is 348 g/mol. The second-order valence-electron chi connectivity index (χ2n) is 7.24. The third-order valence-electron chi connectivity index (χ3n) is 5.36. The Bertz CT molecular complexity index is 934. The lowest BCUT2D eigenvalue weighted by atomic mass is 9.90. The smallest absolute Gasteiger partial charge is 0.206 e. The van der Waals surface area contributed by atoms with Crippen LogP contribution in [0.5, 0.6) is 0 Å². The fourth-order valence-corrected chi connectivity index (χ4v) is 3.76. The molecule has 1 fully saturated rings. The molecule has 142 valence electrons. The van der Waals surface area contributed by atoms with Crippen molar-refractivity contribution >= 4 is 17.4 Å². The third-order valence-corrected chi connectivity index (χ3v) is 5.36. The van der Waals surface area contributed by atoms with Crippen molar-refractivity contribution in [3.63, 3.8) is 0 Å². The first-order valence-electron chi connectivity index (χ1n) is 9.61. The number of hydrogen-bond acceptors (Lipinski definition) is 5. The largest absolute Gasteiger partial charge is 0.342 e. The number of rotatable bonds is 3. The summed E-state index contributed by atoms with van der Waals surface area (Å²) >= 11 is 0. The molecule has 1 aromatic carbocycles. The zero-order chi connectivity index (χ0) is 19.5. The molecular formula is C23H24N4O. The number of likely N-dealkylation sites (tertiary alicyclic amines) is 1. The van der Waals surface area contributed by atoms with E-state index < -0.39 is 0 Å². The van der Waals surface area contributed by atoms with Crippen molar-refractivity contribution in [3.8, 4) is 0 Å². The molecule has 2 aliphatic heterocycles. The molecule has 2 aromatic rings. The number of allylic oxidation sites excluding steroid dienone is 1. The zero-order valence-corrected chi connectivity index (χ0v) is 16.1. The molecule has 2 aliphatic rings. The summed E-state index contributed by atoms with van der Waals surface area (Å²) < 4.78 is 0. The number of carbonyl (C=O) groups excluding carboxylic acids is 1. The van der Waals surface area contributed by atoms with Gasteiger partial charge in [0.1, 0.15) is 0 Å². The standard InChI is InChI=1S/C23H24N4O/c1-17-15-21(18-10-12-24-13-11-18)25-23(26(17)2)27-14-6-9-20(16-27)22(28)19-7-4-3-5-8-19/h3-5,7-8,10-13,15,20H,1,6,9,14,16H2,2H3. The Morgan fingerprint density at radius 2 is 1.89 bits per heavy atom. The molecule has 1 aromatic heterocycles. The molecule has 5 heteroatoms. The van der Waals surface area contributed by atoms with Crippen LogP contribution >= 0.6 is 0 Å². The highest BCUT2D eigenvalue weighted by molar-refractivity contribution is 5.98. The Labute approximate surface area is 165 Å². The average Bonchev–Trinajstić information content (AvgIpc) is 2.76. The second-order valence-corrected chi connectivity index (χ2v) is 7.24. The van der Waals surface area contributed by atoms with Gasteiger partial charge in [-0.05, 0) is 31.1 Å². The van der Waals surface area contributed by atoms with Crippen LogP contribution in [0.25, 0.3) is 5.70 Å². The molecule has 0 N–H and O–H groups in total. The summed E-state index contributed by atoms with van der Waals surface area (Å²) in [7, 11) is 1.98. The first-order chi connectivity index (χ1) is 13.6. The maximum absolute atomic E-state index is 12.9. The molecule has 1 atom stereocenters. The summed E-state index contributed by atoms with van der Waals surface area (Å²) in [5.74, 6) is 1.05. The fraction of sp³-hybridized carbons (Fsp3) is 0.261. The Kier molecular flexibility index (Phi) is 5.06. The normalized spacial score (nSPS) is 19.9. The molecule has 1 saturated heterocycles. The summed E-state index contributed by atoms with van der Waals surface area (Å²) in [5, 5.41) is 0. The van der Waals surface area contributed by atoms with Crippen LogP contribution in [0.3, 0.4) is 0 Å². The van der Waals surface area contributed by atoms with Crippen molar-refractivity contribution < 1.29 is 4.79 Å². The van der Waals surface area contributed by atoms with Gasteiger partial charge in [-0.15, -0.1) is 0 Å². The van der Waals surface area contributed by atoms with E-state index in [4.69, 9.17) is 4.99 Å². The molecule has 0 aliphatic carbocycles. The molecule has 0 bridgehead atoms. The number of hydrogen-bond donors (Lipinski definition) is 0. The summed E-state index contributed by atoms with van der Waals surface area (Å²) in [5.41, 5.74) is 3.55. The lowest BCUT2D eigenvalue weighted by Crippen LogP contribution is -2.48. The highest BCUT2D eigenvalue weighted by Gasteiger charge is 2.31. The van der Waals surface area contributed by atoms with E-state index in [1.807, 2.05) is 60.5 Å². The van der Waals surface area contributed by atoms with Gasteiger partial charge in [0.2, 0.25) is 5.96 Å². The molecule has 4 rings (SSSR count). The zero-order valence-electron chi connectivity index (χ0n) is 16.1. The minimum Gasteiger partial charge on any atom is -0.342 e. The van der Waals surface area contributed by atoms with E-state index in [9.17, 15) is 4.79 Å². The van der Waals surface area contributed by atoms with E-state index in [2.05, 4.69) is 16.5 Å². The van der Waals surface area contributed by atoms with Crippen LogP contribution in [0.2, 0.25) is 0 Å². The van der Waals surface area contributed by atoms with E-state index in [0.29, 0.717) is 6.54 Å². The Balaban J connectivity index is 1.58. The van der Waals surface area contributed by atoms with Gasteiger partial charge in [0, 0.05) is 55.3 Å². The molecule has 0 amide bonds. The highest BCUT2D eigenvalue weighted by Crippen LogP contribution is 2.27. The Morgan fingerprint density at radius 1 is 1.14 bits per heavy atom. The topological polar surface area (TPSA) is 48.8 Å². The van der Waals surface area contributed by atoms with Crippen molar-refractivity contribution in [2.24, 2.45) is 10.9 Å². The third kappa shape index (κ3) is 3.60. The first-order valence-corrected chi connectivity index (χ1v) is 9.61. The van der Waals surface area contributed by atoms with Gasteiger partial charge in [0.25, 0.3) is 0 Å². The number of Topliss-reactive ketones (excluding diaryl/α,β-unsaturated/α-hetero) is 1. The number of likely N-dealkylation sites (N-methyl/N-ethyl adjacent to an activating group) is 1. The van der Waals surface area contributed by atoms with Gasteiger partial charge in [-0.1, -0.05) is 36.9 Å². The molecule has 5 nitrogen and oxygen atoms in total. The van der Waals surface area contributed by atoms with Gasteiger partial charge in [0.05, 0.1) is 5.70 Å². The molecule has 1 unspecified atom stereocenters. The minimum absolute atomic E-state index is 0.0178. The monoisotopic (exact) mass is 372 g/mol. The van der Waals surface area contributed by atoms with Crippen LogP contribution in [-0.2, 0) is 0 Å². The van der Waals surface area contributed by atoms with Crippen LogP contribution < -0.4 is 0 Å². The number of guanidine groups is 1. The number of aromatic nitrogens is 1. The van der Waals surface area contributed by atoms with E-state index in [1.165, 1.54) is 0 Å². The maximum atomic E-state index is 12.9. The van der Waals surface area contributed by atoms with E-state index >= 15 is 0 Å². The van der Waals surface area contributed by atoms with Crippen LogP contribution in [-0.4, -0.2) is 46.7 Å². The SMILES string of the molecule is C=C1C=C(c2ccncc2)N=C(N2CCCC(C(=O)c3ccccc3)C2)N1C. The lowest BCUT2D eigenvalue weighted by molar-refractivity contribution is 0.0862. The number of pyridine rings is 1. The van der Waals surface area contributed by atoms with Gasteiger partial charge in [-0.25, -0.2) is 4.99 Å². The van der Waals surface area contributed by atoms with Crippen molar-refractivity contribution in [2.45, 2.75) is 12.8 Å². The Morgan fingerprint density at radius 3 is 2.64 bits per heavy atom. The summed E-state index contributed by atoms with van der Waals surface area (Å²) in [4.78, 5) is 26.1. The van der Waals surface area contributed by atoms with E-state index in [0.717, 1.165) is 47.9 Å². The van der Waals surface area contributed by atoms with Crippen molar-refractivity contribution in [1.29, 1.82) is 0 Å². The molecule has 3 heterocycles. The predicted molar refractivity (Wildman–Crippen MR) is 112 cm³/mol. The van der Waals surface area contributed by atoms with Gasteiger partial charge in [-0.2, -0.15) is 0 Å². The summed E-state index contributed by atoms with van der Waals surface area (Å²) in [6.45, 7) is 5.74. The maximum Gasteiger partial charge on any atom is 0.206 e. The number of ketones is 1. The van der Waals surface area contributed by atoms with Crippen LogP contribution in [0.1, 0.15) is 28.8 Å². The lowest BCUT2D eigenvalue weighted by Gasteiger charge is -2.39. The quantitative estimate of drug-likeness (QED) is 0.769. The number of benzene rings is 1. The summed E-state index contributed by atoms with van der Waals surface area (Å²) in [6.07, 6.45) is 7.39. The van der Waals surface area contributed by atoms with Crippen molar-refractivity contribution in [3.05, 3.63) is 84.3 Å². The van der Waals surface area contributed by atoms with Crippen LogP contribution in [0, 0.1) is 5.92 Å². The number of aliphatic imine (C=N–C) groups is 1. The first kappa shape index (κ1) is 18.2. The predicted octanol–water partition coefficient (Wildman–Crippen LogP) is 3.83. The summed E-state index contributed by atoms with van der Waals surface area (Å²) in [6, 6.07) is 13.5. The van der Waals surface area contributed by atoms with Gasteiger partial charge < -0.3 is 9.80 Å². The van der Waals surface area contributed by atoms with Crippen molar-refractivity contribution in [2.75, 3.05) is 20.1 Å². The van der Waals surface area contributed by atoms with Crippen molar-refractivity contribution in [1.82, 2.24) is 14.8 Å². The highest BCUT2D eigenvalue weighted by atomic mass is 16.1. The van der Waals surface area contributed by atoms with Gasteiger partial charge in [0.15, 0.2) is 5.78 Å². The molecule has 0 spiro atoms. The van der Waals surface area contributed by atoms with Gasteiger partial charge >= 0.3 is 0 Å². The second kappa shape index (κ2) is 7.80. The van der Waals surface area contributed by atoms with E-state index in [-0.39, 0.29) is 11.7 Å².